The maximum absolute atomic E-state index is 12.1. The summed E-state index contributed by atoms with van der Waals surface area (Å²) in [5, 5.41) is 1.00. The topological polar surface area (TPSA) is 17.1 Å². The van der Waals surface area contributed by atoms with Crippen LogP contribution in [-0.4, -0.2) is 5.78 Å². The van der Waals surface area contributed by atoms with Crippen molar-refractivity contribution in [3.8, 4) is 0 Å². The van der Waals surface area contributed by atoms with Crippen molar-refractivity contribution in [2.24, 2.45) is 5.41 Å². The van der Waals surface area contributed by atoms with Crippen LogP contribution in [0.3, 0.4) is 0 Å². The Hall–Kier alpha value is -0.530. The number of benzene rings is 1. The fourth-order valence-corrected chi connectivity index (χ4v) is 1.57. The molecule has 0 aliphatic heterocycles. The molecular formula is C12H14Cl2O. The van der Waals surface area contributed by atoms with Gasteiger partial charge in [0.05, 0.1) is 5.02 Å². The molecule has 0 aromatic heterocycles. The molecule has 0 atom stereocenters. The molecule has 1 aromatic rings. The summed E-state index contributed by atoms with van der Waals surface area (Å²) in [5.41, 5.74) is 0.116. The average molecular weight is 245 g/mol. The Labute approximate surface area is 100 Å². The van der Waals surface area contributed by atoms with Crippen LogP contribution in [0.15, 0.2) is 18.2 Å². The quantitative estimate of drug-likeness (QED) is 0.710. The molecule has 0 bridgehead atoms. The van der Waals surface area contributed by atoms with Crippen LogP contribution in [-0.2, 0) is 0 Å². The Kier molecular flexibility index (Phi) is 3.80. The number of hydrogen-bond acceptors (Lipinski definition) is 1. The van der Waals surface area contributed by atoms with Gasteiger partial charge in [0, 0.05) is 16.0 Å². The van der Waals surface area contributed by atoms with E-state index in [9.17, 15) is 4.79 Å². The van der Waals surface area contributed by atoms with Crippen molar-refractivity contribution in [3.05, 3.63) is 33.8 Å². The summed E-state index contributed by atoms with van der Waals surface area (Å²) >= 11 is 11.8. The maximum atomic E-state index is 12.1. The molecule has 0 aliphatic carbocycles. The summed E-state index contributed by atoms with van der Waals surface area (Å²) in [5.74, 6) is 0.0394. The molecule has 3 heteroatoms. The lowest BCUT2D eigenvalue weighted by Gasteiger charge is -2.21. The molecule has 0 aliphatic rings. The van der Waals surface area contributed by atoms with Gasteiger partial charge < -0.3 is 0 Å². The van der Waals surface area contributed by atoms with Gasteiger partial charge in [0.25, 0.3) is 0 Å². The van der Waals surface area contributed by atoms with Gasteiger partial charge in [-0.05, 0) is 24.6 Å². The van der Waals surface area contributed by atoms with Crippen LogP contribution in [0.1, 0.15) is 37.6 Å². The monoisotopic (exact) mass is 244 g/mol. The van der Waals surface area contributed by atoms with E-state index >= 15 is 0 Å². The Morgan fingerprint density at radius 3 is 2.47 bits per heavy atom. The molecule has 1 aromatic carbocycles. The van der Waals surface area contributed by atoms with Gasteiger partial charge in [-0.2, -0.15) is 0 Å². The van der Waals surface area contributed by atoms with Crippen LogP contribution in [0.4, 0.5) is 0 Å². The third-order valence-corrected chi connectivity index (χ3v) is 3.24. The van der Waals surface area contributed by atoms with Crippen LogP contribution in [0, 0.1) is 5.41 Å². The molecule has 1 nitrogen and oxygen atoms in total. The van der Waals surface area contributed by atoms with Gasteiger partial charge in [0.1, 0.15) is 0 Å². The highest BCUT2D eigenvalue weighted by molar-refractivity contribution is 6.36. The van der Waals surface area contributed by atoms with E-state index in [0.29, 0.717) is 15.6 Å². The molecule has 0 spiro atoms. The summed E-state index contributed by atoms with van der Waals surface area (Å²) in [7, 11) is 0. The highest BCUT2D eigenvalue weighted by Gasteiger charge is 2.28. The van der Waals surface area contributed by atoms with Crippen molar-refractivity contribution in [2.45, 2.75) is 27.2 Å². The molecule has 0 N–H and O–H groups in total. The Morgan fingerprint density at radius 2 is 1.93 bits per heavy atom. The Morgan fingerprint density at radius 1 is 1.33 bits per heavy atom. The molecule has 0 amide bonds. The van der Waals surface area contributed by atoms with Crippen LogP contribution in [0.2, 0.25) is 10.0 Å². The van der Waals surface area contributed by atoms with Crippen molar-refractivity contribution in [1.29, 1.82) is 0 Å². The van der Waals surface area contributed by atoms with Gasteiger partial charge in [-0.3, -0.25) is 4.79 Å². The summed E-state index contributed by atoms with van der Waals surface area (Å²) in [6.45, 7) is 5.80. The summed E-state index contributed by atoms with van der Waals surface area (Å²) in [6.07, 6.45) is 0.772. The fraction of sp³-hybridized carbons (Fsp3) is 0.417. The lowest BCUT2D eigenvalue weighted by Crippen LogP contribution is -2.23. The minimum Gasteiger partial charge on any atom is -0.294 e. The molecule has 15 heavy (non-hydrogen) atoms. The van der Waals surface area contributed by atoms with Crippen molar-refractivity contribution < 1.29 is 4.79 Å². The fourth-order valence-electron chi connectivity index (χ4n) is 1.20. The van der Waals surface area contributed by atoms with Gasteiger partial charge in [0.2, 0.25) is 0 Å². The van der Waals surface area contributed by atoms with Crippen molar-refractivity contribution >= 4 is 29.0 Å². The third-order valence-electron chi connectivity index (χ3n) is 2.67. The first-order valence-corrected chi connectivity index (χ1v) is 5.64. The first-order valence-electron chi connectivity index (χ1n) is 4.88. The van der Waals surface area contributed by atoms with Crippen molar-refractivity contribution in [1.82, 2.24) is 0 Å². The molecule has 1 rings (SSSR count). The minimum absolute atomic E-state index is 0.0394. The molecule has 82 valence electrons. The summed E-state index contributed by atoms with van der Waals surface area (Å²) in [6, 6.07) is 4.96. The molecule has 0 saturated carbocycles. The van der Waals surface area contributed by atoms with Gasteiger partial charge in [-0.15, -0.1) is 0 Å². The third kappa shape index (κ3) is 2.73. The van der Waals surface area contributed by atoms with E-state index < -0.39 is 5.41 Å². The van der Waals surface area contributed by atoms with Gasteiger partial charge in [-0.25, -0.2) is 0 Å². The number of carbonyl (C=O) groups excluding carboxylic acids is 1. The van der Waals surface area contributed by atoms with E-state index in [4.69, 9.17) is 23.2 Å². The highest BCUT2D eigenvalue weighted by atomic mass is 35.5. The van der Waals surface area contributed by atoms with E-state index in [1.807, 2.05) is 20.8 Å². The first-order chi connectivity index (χ1) is 6.88. The molecule has 0 unspecified atom stereocenters. The summed E-state index contributed by atoms with van der Waals surface area (Å²) in [4.78, 5) is 12.1. The van der Waals surface area contributed by atoms with Gasteiger partial charge >= 0.3 is 0 Å². The number of Topliss-reactive ketones (excluding diaryl/α,β-unsaturated/α-hetero) is 1. The van der Waals surface area contributed by atoms with Crippen molar-refractivity contribution in [2.75, 3.05) is 0 Å². The number of halogens is 2. The molecule has 0 heterocycles. The van der Waals surface area contributed by atoms with E-state index in [2.05, 4.69) is 0 Å². The predicted molar refractivity (Wildman–Crippen MR) is 64.9 cm³/mol. The smallest absolute Gasteiger partial charge is 0.169 e. The van der Waals surface area contributed by atoms with Gasteiger partial charge in [-0.1, -0.05) is 44.0 Å². The highest BCUT2D eigenvalue weighted by Crippen LogP contribution is 2.30. The lowest BCUT2D eigenvalue weighted by molar-refractivity contribution is 0.0833. The lowest BCUT2D eigenvalue weighted by atomic mass is 9.82. The minimum atomic E-state index is -0.395. The average Bonchev–Trinajstić information content (AvgIpc) is 2.20. The second-order valence-corrected chi connectivity index (χ2v) is 5.03. The van der Waals surface area contributed by atoms with Crippen LogP contribution < -0.4 is 0 Å². The molecule has 0 radical (unpaired) electrons. The SMILES string of the molecule is CCC(C)(C)C(=O)c1cc(Cl)ccc1Cl. The normalized spacial score (nSPS) is 11.5. The molecule has 0 fully saturated rings. The molecular weight excluding hydrogens is 231 g/mol. The van der Waals surface area contributed by atoms with Gasteiger partial charge in [0.15, 0.2) is 5.78 Å². The number of ketones is 1. The Bertz CT molecular complexity index is 383. The first kappa shape index (κ1) is 12.5. The molecule has 0 saturated heterocycles. The van der Waals surface area contributed by atoms with Crippen LogP contribution in [0.5, 0.6) is 0 Å². The van der Waals surface area contributed by atoms with Crippen LogP contribution in [0.25, 0.3) is 0 Å². The van der Waals surface area contributed by atoms with E-state index in [0.717, 1.165) is 6.42 Å². The van der Waals surface area contributed by atoms with Crippen LogP contribution >= 0.6 is 23.2 Å². The zero-order valence-electron chi connectivity index (χ0n) is 9.10. The Balaban J connectivity index is 3.17. The maximum Gasteiger partial charge on any atom is 0.169 e. The number of rotatable bonds is 3. The zero-order chi connectivity index (χ0) is 11.6. The second kappa shape index (κ2) is 4.54. The second-order valence-electron chi connectivity index (χ2n) is 4.19. The number of carbonyl (C=O) groups is 1. The standard InChI is InChI=1S/C12H14Cl2O/c1-4-12(2,3)11(15)9-7-8(13)5-6-10(9)14/h5-7H,4H2,1-3H3. The predicted octanol–water partition coefficient (Wildman–Crippen LogP) is 4.61. The van der Waals surface area contributed by atoms with E-state index in [-0.39, 0.29) is 5.78 Å². The summed E-state index contributed by atoms with van der Waals surface area (Å²) < 4.78 is 0. The van der Waals surface area contributed by atoms with Crippen molar-refractivity contribution in [3.63, 3.8) is 0 Å². The van der Waals surface area contributed by atoms with E-state index in [1.54, 1.807) is 18.2 Å². The van der Waals surface area contributed by atoms with E-state index in [1.165, 1.54) is 0 Å². The zero-order valence-corrected chi connectivity index (χ0v) is 10.6. The largest absolute Gasteiger partial charge is 0.294 e. The number of hydrogen-bond donors (Lipinski definition) is 0.